The predicted octanol–water partition coefficient (Wildman–Crippen LogP) is 2.42. The first-order valence-corrected chi connectivity index (χ1v) is 6.51. The van der Waals surface area contributed by atoms with Gasteiger partial charge in [-0.15, -0.1) is 0 Å². The van der Waals surface area contributed by atoms with Gasteiger partial charge >= 0.3 is 6.03 Å². The maximum Gasteiger partial charge on any atom is 0.321 e. The number of nitrogens with two attached hydrogens (primary N) is 1. The highest BCUT2D eigenvalue weighted by atomic mass is 16.2. The number of rotatable bonds is 2. The van der Waals surface area contributed by atoms with Crippen molar-refractivity contribution in [1.82, 2.24) is 4.90 Å². The van der Waals surface area contributed by atoms with Gasteiger partial charge in [-0.25, -0.2) is 4.79 Å². The summed E-state index contributed by atoms with van der Waals surface area (Å²) in [6.07, 6.45) is 4.01. The molecule has 4 heteroatoms. The van der Waals surface area contributed by atoms with Gasteiger partial charge in [-0.1, -0.05) is 18.2 Å². The van der Waals surface area contributed by atoms with Gasteiger partial charge in [0.2, 0.25) is 0 Å². The molecule has 2 rings (SSSR count). The molecule has 0 atom stereocenters. The Morgan fingerprint density at radius 2 is 1.83 bits per heavy atom. The van der Waals surface area contributed by atoms with E-state index in [2.05, 4.69) is 5.32 Å². The van der Waals surface area contributed by atoms with Crippen LogP contribution in [0.4, 0.5) is 10.5 Å². The van der Waals surface area contributed by atoms with Crippen LogP contribution >= 0.6 is 0 Å². The molecule has 0 unspecified atom stereocenters. The molecule has 0 bridgehead atoms. The Labute approximate surface area is 108 Å². The molecule has 4 nitrogen and oxygen atoms in total. The van der Waals surface area contributed by atoms with Gasteiger partial charge in [-0.3, -0.25) is 0 Å². The number of para-hydroxylation sites is 1. The summed E-state index contributed by atoms with van der Waals surface area (Å²) < 4.78 is 0. The molecule has 3 N–H and O–H groups in total. The van der Waals surface area contributed by atoms with E-state index in [1.54, 1.807) is 4.90 Å². The second-order valence-corrected chi connectivity index (χ2v) is 4.98. The van der Waals surface area contributed by atoms with Crippen LogP contribution in [-0.4, -0.2) is 30.1 Å². The number of nitrogens with one attached hydrogen (secondary N) is 1. The van der Waals surface area contributed by atoms with E-state index in [9.17, 15) is 4.79 Å². The third kappa shape index (κ3) is 3.23. The summed E-state index contributed by atoms with van der Waals surface area (Å²) in [6, 6.07) is 10.1. The van der Waals surface area contributed by atoms with Crippen molar-refractivity contribution >= 4 is 11.7 Å². The van der Waals surface area contributed by atoms with Gasteiger partial charge in [-0.05, 0) is 37.8 Å². The Morgan fingerprint density at radius 3 is 2.44 bits per heavy atom. The van der Waals surface area contributed by atoms with Gasteiger partial charge in [0.15, 0.2) is 0 Å². The number of anilines is 1. The van der Waals surface area contributed by atoms with Gasteiger partial charge in [0.25, 0.3) is 0 Å². The zero-order valence-corrected chi connectivity index (χ0v) is 10.8. The van der Waals surface area contributed by atoms with E-state index in [1.165, 1.54) is 0 Å². The number of carbonyl (C=O) groups excluding carboxylic acids is 1. The highest BCUT2D eigenvalue weighted by Crippen LogP contribution is 2.21. The maximum atomic E-state index is 12.1. The number of hydrogen-bond acceptors (Lipinski definition) is 2. The number of urea groups is 1. The molecule has 0 spiro atoms. The summed E-state index contributed by atoms with van der Waals surface area (Å²) >= 11 is 0. The monoisotopic (exact) mass is 247 g/mol. The van der Waals surface area contributed by atoms with Crippen molar-refractivity contribution in [2.24, 2.45) is 5.73 Å². The van der Waals surface area contributed by atoms with Crippen LogP contribution in [0, 0.1) is 0 Å². The Hall–Kier alpha value is -1.55. The molecule has 98 valence electrons. The van der Waals surface area contributed by atoms with Crippen LogP contribution in [0.15, 0.2) is 30.3 Å². The molecule has 1 aromatic carbocycles. The summed E-state index contributed by atoms with van der Waals surface area (Å²) in [5.41, 5.74) is 6.71. The second kappa shape index (κ2) is 5.87. The summed E-state index contributed by atoms with van der Waals surface area (Å²) in [5, 5.41) is 2.91. The zero-order chi connectivity index (χ0) is 13.0. The molecule has 2 amide bonds. The van der Waals surface area contributed by atoms with Gasteiger partial charge in [0.05, 0.1) is 0 Å². The van der Waals surface area contributed by atoms with Crippen LogP contribution in [0.3, 0.4) is 0 Å². The molecule has 0 radical (unpaired) electrons. The van der Waals surface area contributed by atoms with Gasteiger partial charge in [0.1, 0.15) is 0 Å². The fraction of sp³-hybridized carbons (Fsp3) is 0.500. The fourth-order valence-corrected chi connectivity index (χ4v) is 2.39. The topological polar surface area (TPSA) is 58.4 Å². The van der Waals surface area contributed by atoms with Crippen molar-refractivity contribution in [1.29, 1.82) is 0 Å². The molecule has 0 heterocycles. The standard InChI is InChI=1S/C14H21N3O/c1-17(13-9-7-11(15)8-10-13)14(18)16-12-5-3-2-4-6-12/h2-6,11,13H,7-10,15H2,1H3,(H,16,18). The zero-order valence-electron chi connectivity index (χ0n) is 10.8. The van der Waals surface area contributed by atoms with Crippen molar-refractivity contribution in [3.8, 4) is 0 Å². The number of nitrogens with zero attached hydrogens (tertiary/aromatic N) is 1. The summed E-state index contributed by atoms with van der Waals surface area (Å²) in [4.78, 5) is 13.9. The third-order valence-corrected chi connectivity index (χ3v) is 3.63. The molecule has 0 saturated heterocycles. The normalized spacial score (nSPS) is 23.4. The SMILES string of the molecule is CN(C(=O)Nc1ccccc1)C1CCC(N)CC1. The molecular formula is C14H21N3O. The Bertz CT molecular complexity index is 385. The van der Waals surface area contributed by atoms with Crippen LogP contribution in [0.2, 0.25) is 0 Å². The first-order valence-electron chi connectivity index (χ1n) is 6.51. The lowest BCUT2D eigenvalue weighted by molar-refractivity contribution is 0.182. The van der Waals surface area contributed by atoms with Crippen molar-refractivity contribution in [2.75, 3.05) is 12.4 Å². The minimum absolute atomic E-state index is 0.0401. The summed E-state index contributed by atoms with van der Waals surface area (Å²) in [7, 11) is 1.86. The van der Waals surface area contributed by atoms with E-state index in [-0.39, 0.29) is 6.03 Å². The smallest absolute Gasteiger partial charge is 0.321 e. The van der Waals surface area contributed by atoms with E-state index < -0.39 is 0 Å². The lowest BCUT2D eigenvalue weighted by Crippen LogP contribution is -2.43. The van der Waals surface area contributed by atoms with Crippen molar-refractivity contribution < 1.29 is 4.79 Å². The highest BCUT2D eigenvalue weighted by molar-refractivity contribution is 5.89. The highest BCUT2D eigenvalue weighted by Gasteiger charge is 2.24. The van der Waals surface area contributed by atoms with Gasteiger partial charge in [0, 0.05) is 24.8 Å². The van der Waals surface area contributed by atoms with Crippen LogP contribution in [0.1, 0.15) is 25.7 Å². The van der Waals surface area contributed by atoms with Crippen LogP contribution in [-0.2, 0) is 0 Å². The van der Waals surface area contributed by atoms with Crippen molar-refractivity contribution in [3.05, 3.63) is 30.3 Å². The average molecular weight is 247 g/mol. The van der Waals surface area contributed by atoms with Crippen LogP contribution in [0.5, 0.6) is 0 Å². The van der Waals surface area contributed by atoms with E-state index in [4.69, 9.17) is 5.73 Å². The number of carbonyl (C=O) groups is 1. The fourth-order valence-electron chi connectivity index (χ4n) is 2.39. The number of benzene rings is 1. The minimum Gasteiger partial charge on any atom is -0.328 e. The molecule has 1 aromatic rings. The first kappa shape index (κ1) is 12.9. The third-order valence-electron chi connectivity index (χ3n) is 3.63. The summed E-state index contributed by atoms with van der Waals surface area (Å²) in [6.45, 7) is 0. The molecule has 1 aliphatic carbocycles. The Balaban J connectivity index is 1.89. The molecule has 1 aliphatic rings. The Kier molecular flexibility index (Phi) is 4.20. The van der Waals surface area contributed by atoms with Gasteiger partial charge < -0.3 is 16.0 Å². The lowest BCUT2D eigenvalue weighted by Gasteiger charge is -2.33. The minimum atomic E-state index is -0.0401. The molecule has 18 heavy (non-hydrogen) atoms. The lowest BCUT2D eigenvalue weighted by atomic mass is 9.91. The van der Waals surface area contributed by atoms with Gasteiger partial charge in [-0.2, -0.15) is 0 Å². The van der Waals surface area contributed by atoms with Crippen LogP contribution in [0.25, 0.3) is 0 Å². The second-order valence-electron chi connectivity index (χ2n) is 4.98. The van der Waals surface area contributed by atoms with E-state index in [0.717, 1.165) is 31.4 Å². The molecule has 1 saturated carbocycles. The number of amides is 2. The predicted molar refractivity (Wildman–Crippen MR) is 73.5 cm³/mol. The Morgan fingerprint density at radius 1 is 1.22 bits per heavy atom. The molecule has 1 fully saturated rings. The molecule has 0 aromatic heterocycles. The van der Waals surface area contributed by atoms with E-state index in [0.29, 0.717) is 12.1 Å². The van der Waals surface area contributed by atoms with E-state index >= 15 is 0 Å². The van der Waals surface area contributed by atoms with Crippen molar-refractivity contribution in [2.45, 2.75) is 37.8 Å². The van der Waals surface area contributed by atoms with E-state index in [1.807, 2.05) is 37.4 Å². The average Bonchev–Trinajstić information content (AvgIpc) is 2.40. The largest absolute Gasteiger partial charge is 0.328 e. The molecule has 0 aliphatic heterocycles. The summed E-state index contributed by atoms with van der Waals surface area (Å²) in [5.74, 6) is 0. The quantitative estimate of drug-likeness (QED) is 0.843. The number of hydrogen-bond donors (Lipinski definition) is 2. The maximum absolute atomic E-state index is 12.1. The molecular weight excluding hydrogens is 226 g/mol. The first-order chi connectivity index (χ1) is 8.66. The van der Waals surface area contributed by atoms with Crippen molar-refractivity contribution in [3.63, 3.8) is 0 Å². The van der Waals surface area contributed by atoms with Crippen LogP contribution < -0.4 is 11.1 Å².